The van der Waals surface area contributed by atoms with Crippen LogP contribution in [0.15, 0.2) is 28.7 Å². The first kappa shape index (κ1) is 20.7. The molecule has 0 saturated heterocycles. The molecule has 0 N–H and O–H groups in total. The molecule has 0 amide bonds. The Morgan fingerprint density at radius 3 is 1.88 bits per heavy atom. The van der Waals surface area contributed by atoms with Gasteiger partial charge in [0.1, 0.15) is 0 Å². The molecule has 1 heterocycles. The molecule has 0 atom stereocenters. The molecular weight excluding hydrogens is 536 g/mol. The molecule has 3 nitrogen and oxygen atoms in total. The molecule has 1 aliphatic heterocycles. The van der Waals surface area contributed by atoms with Gasteiger partial charge in [-0.3, -0.25) is 0 Å². The molecule has 0 bridgehead atoms. The molecule has 0 fully saturated rings. The largest absolute Gasteiger partial charge is 0.741 e. The second-order valence-corrected chi connectivity index (χ2v) is 10.5. The quantitative estimate of drug-likeness (QED) is 0.243. The van der Waals surface area contributed by atoms with Crippen molar-refractivity contribution in [2.24, 2.45) is 0 Å². The normalized spacial score (nSPS) is 13.0. The fourth-order valence-corrected chi connectivity index (χ4v) is 6.47. The van der Waals surface area contributed by atoms with Crippen LogP contribution in [0.25, 0.3) is 11.1 Å². The van der Waals surface area contributed by atoms with Crippen LogP contribution >= 0.6 is 15.9 Å². The number of aryl methyl sites for hydroxylation is 3. The highest BCUT2D eigenvalue weighted by Gasteiger charge is 2.37. The molecule has 0 aromatic heterocycles. The third-order valence-corrected chi connectivity index (χ3v) is 8.94. The van der Waals surface area contributed by atoms with Gasteiger partial charge in [0, 0.05) is 16.7 Å². The van der Waals surface area contributed by atoms with E-state index < -0.39 is 15.6 Å². The van der Waals surface area contributed by atoms with Gasteiger partial charge in [-0.2, -0.15) is 13.2 Å². The Morgan fingerprint density at radius 1 is 0.960 bits per heavy atom. The van der Waals surface area contributed by atoms with E-state index in [-0.39, 0.29) is 21.2 Å². The Labute approximate surface area is 162 Å². The zero-order chi connectivity index (χ0) is 19.2. The first-order valence-electron chi connectivity index (χ1n) is 6.90. The minimum atomic E-state index is -6.09. The standard InChI is InChI=1S/C15H13BrI.CHF3O3S/c1-8-4-10(3)14-11(5-8)12-6-9(2)7-13(16)15(12)17-14;2-1(3,4)8(5,6)7/h4-7H,1-3H3;(H,5,6,7)/q+1;/p-1. The van der Waals surface area contributed by atoms with Crippen LogP contribution in [0.2, 0.25) is 0 Å². The predicted octanol–water partition coefficient (Wildman–Crippen LogP) is 1.53. The molecule has 136 valence electrons. The van der Waals surface area contributed by atoms with Crippen LogP contribution in [0.5, 0.6) is 0 Å². The smallest absolute Gasteiger partial charge is 0.485 e. The van der Waals surface area contributed by atoms with Crippen molar-refractivity contribution in [2.75, 3.05) is 0 Å². The van der Waals surface area contributed by atoms with Crippen LogP contribution < -0.4 is 21.2 Å². The van der Waals surface area contributed by atoms with E-state index in [1.807, 2.05) is 0 Å². The molecule has 2 aromatic carbocycles. The molecule has 0 aliphatic carbocycles. The number of rotatable bonds is 0. The summed E-state index contributed by atoms with van der Waals surface area (Å²) in [4.78, 5) is 0. The molecule has 0 radical (unpaired) electrons. The monoisotopic (exact) mass is 548 g/mol. The van der Waals surface area contributed by atoms with E-state index >= 15 is 0 Å². The van der Waals surface area contributed by atoms with Gasteiger partial charge in [-0.05, 0) is 66.0 Å². The van der Waals surface area contributed by atoms with Gasteiger partial charge in [0.05, 0.1) is 4.47 Å². The van der Waals surface area contributed by atoms with Gasteiger partial charge in [-0.25, -0.2) is 8.42 Å². The highest BCUT2D eigenvalue weighted by Crippen LogP contribution is 2.30. The molecule has 3 rings (SSSR count). The van der Waals surface area contributed by atoms with E-state index in [0.717, 1.165) is 0 Å². The fraction of sp³-hybridized carbons (Fsp3) is 0.250. The molecule has 0 spiro atoms. The number of benzene rings is 2. The van der Waals surface area contributed by atoms with Gasteiger partial charge >= 0.3 is 26.7 Å². The Morgan fingerprint density at radius 2 is 1.40 bits per heavy atom. The lowest BCUT2D eigenvalue weighted by Crippen LogP contribution is -3.61. The van der Waals surface area contributed by atoms with E-state index in [1.54, 1.807) is 7.14 Å². The van der Waals surface area contributed by atoms with E-state index in [1.165, 1.54) is 32.3 Å². The molecule has 25 heavy (non-hydrogen) atoms. The average molecular weight is 549 g/mol. The van der Waals surface area contributed by atoms with Crippen LogP contribution in [0.4, 0.5) is 13.2 Å². The Hall–Kier alpha value is -0.650. The minimum Gasteiger partial charge on any atom is -0.741 e. The molecule has 0 unspecified atom stereocenters. The first-order valence-corrected chi connectivity index (χ1v) is 11.3. The van der Waals surface area contributed by atoms with Gasteiger partial charge in [-0.15, -0.1) is 0 Å². The number of hydrogen-bond donors (Lipinski definition) is 0. The third kappa shape index (κ3) is 4.55. The second-order valence-electron chi connectivity index (χ2n) is 5.55. The van der Waals surface area contributed by atoms with Gasteiger partial charge in [-0.1, -0.05) is 6.07 Å². The van der Waals surface area contributed by atoms with Crippen molar-refractivity contribution >= 4 is 26.0 Å². The Bertz CT molecular complexity index is 885. The number of hydrogen-bond acceptors (Lipinski definition) is 3. The SMILES string of the molecule is Cc1cc(C)c2c(c1)-c1cc(C)cc(Br)c1[I+]2.O=S(=O)([O-])C(F)(F)F. The topological polar surface area (TPSA) is 57.2 Å². The molecule has 2 aromatic rings. The van der Waals surface area contributed by atoms with Gasteiger partial charge < -0.3 is 4.55 Å². The van der Waals surface area contributed by atoms with Crippen molar-refractivity contribution in [1.82, 2.24) is 0 Å². The summed E-state index contributed by atoms with van der Waals surface area (Å²) in [5.74, 6) is 0. The lowest BCUT2D eigenvalue weighted by molar-refractivity contribution is -0.591. The highest BCUT2D eigenvalue weighted by atomic mass is 127. The molecule has 0 saturated carbocycles. The van der Waals surface area contributed by atoms with Crippen LogP contribution in [0, 0.1) is 27.9 Å². The third-order valence-electron chi connectivity index (χ3n) is 3.33. The average Bonchev–Trinajstić information content (AvgIpc) is 2.76. The van der Waals surface area contributed by atoms with Crippen LogP contribution in [-0.2, 0) is 10.1 Å². The summed E-state index contributed by atoms with van der Waals surface area (Å²) < 4.78 is 63.4. The molecule has 9 heteroatoms. The molecule has 1 aliphatic rings. The second kappa shape index (κ2) is 7.16. The van der Waals surface area contributed by atoms with Crippen molar-refractivity contribution in [2.45, 2.75) is 26.3 Å². The van der Waals surface area contributed by atoms with Gasteiger partial charge in [0.2, 0.25) is 7.14 Å². The number of alkyl halides is 3. The number of halogens is 5. The maximum absolute atomic E-state index is 10.7. The Kier molecular flexibility index (Phi) is 5.92. The van der Waals surface area contributed by atoms with E-state index in [2.05, 4.69) is 61.0 Å². The van der Waals surface area contributed by atoms with Crippen LogP contribution in [0.3, 0.4) is 0 Å². The summed E-state index contributed by atoms with van der Waals surface area (Å²) in [6, 6.07) is 9.24. The summed E-state index contributed by atoms with van der Waals surface area (Å²) >= 11 is 3.71. The minimum absolute atomic E-state index is 0.0131. The summed E-state index contributed by atoms with van der Waals surface area (Å²) in [7, 11) is -6.09. The van der Waals surface area contributed by atoms with Gasteiger partial charge in [0.15, 0.2) is 10.1 Å². The van der Waals surface area contributed by atoms with Crippen molar-refractivity contribution in [1.29, 1.82) is 0 Å². The highest BCUT2D eigenvalue weighted by molar-refractivity contribution is 9.10. The van der Waals surface area contributed by atoms with E-state index in [9.17, 15) is 13.2 Å². The fourth-order valence-electron chi connectivity index (χ4n) is 2.38. The zero-order valence-corrected chi connectivity index (χ0v) is 17.9. The zero-order valence-electron chi connectivity index (χ0n) is 13.3. The Balaban J connectivity index is 0.000000242. The van der Waals surface area contributed by atoms with Crippen molar-refractivity contribution < 1.29 is 47.3 Å². The van der Waals surface area contributed by atoms with Crippen molar-refractivity contribution in [3.8, 4) is 11.1 Å². The van der Waals surface area contributed by atoms with Crippen LogP contribution in [-0.4, -0.2) is 18.5 Å². The van der Waals surface area contributed by atoms with Crippen molar-refractivity contribution in [3.63, 3.8) is 0 Å². The summed E-state index contributed by atoms with van der Waals surface area (Å²) in [5.41, 5.74) is 1.48. The summed E-state index contributed by atoms with van der Waals surface area (Å²) in [6.45, 7) is 6.61. The van der Waals surface area contributed by atoms with E-state index in [0.29, 0.717) is 0 Å². The van der Waals surface area contributed by atoms with Crippen LogP contribution in [0.1, 0.15) is 16.7 Å². The van der Waals surface area contributed by atoms with E-state index in [4.69, 9.17) is 13.0 Å². The van der Waals surface area contributed by atoms with Gasteiger partial charge in [0.25, 0.3) is 0 Å². The lowest BCUT2D eigenvalue weighted by Gasteiger charge is -2.08. The maximum Gasteiger partial charge on any atom is 0.485 e. The number of fused-ring (bicyclic) bond motifs is 3. The summed E-state index contributed by atoms with van der Waals surface area (Å²) in [5, 5.41) is 0. The summed E-state index contributed by atoms with van der Waals surface area (Å²) in [6.07, 6.45) is 0. The van der Waals surface area contributed by atoms with Crippen molar-refractivity contribution in [3.05, 3.63) is 52.6 Å². The molecular formula is C16H13BrF3IO3S. The predicted molar refractivity (Wildman–Crippen MR) is 86.9 cm³/mol. The first-order chi connectivity index (χ1) is 11.3. The lowest BCUT2D eigenvalue weighted by atomic mass is 9.99. The maximum atomic E-state index is 10.7.